The number of amides is 2. The van der Waals surface area contributed by atoms with Crippen molar-refractivity contribution in [2.45, 2.75) is 52.9 Å². The molecule has 0 fully saturated rings. The fourth-order valence-electron chi connectivity index (χ4n) is 3.38. The molecule has 12 heteroatoms. The van der Waals surface area contributed by atoms with Crippen LogP contribution in [0.4, 0.5) is 5.00 Å². The van der Waals surface area contributed by atoms with Crippen LogP contribution in [-0.4, -0.2) is 44.9 Å². The predicted octanol–water partition coefficient (Wildman–Crippen LogP) is 3.87. The molecular weight excluding hydrogens is 502 g/mol. The second-order valence-electron chi connectivity index (χ2n) is 7.86. The van der Waals surface area contributed by atoms with Gasteiger partial charge in [0.2, 0.25) is 5.91 Å². The zero-order valence-electron chi connectivity index (χ0n) is 20.8. The second kappa shape index (κ2) is 12.0. The van der Waals surface area contributed by atoms with Crippen LogP contribution in [0.3, 0.4) is 0 Å². The monoisotopic (exact) mass is 531 g/mol. The molecule has 192 valence electrons. The summed E-state index contributed by atoms with van der Waals surface area (Å²) in [5, 5.41) is 11.9. The number of aromatic nitrogens is 3. The molecular formula is C24H29N5O5S2. The van der Waals surface area contributed by atoms with Crippen LogP contribution in [0.2, 0.25) is 0 Å². The molecule has 0 aliphatic carbocycles. The number of benzene rings is 1. The molecule has 0 saturated heterocycles. The Morgan fingerprint density at radius 3 is 2.53 bits per heavy atom. The van der Waals surface area contributed by atoms with Gasteiger partial charge in [-0.05, 0) is 63.4 Å². The minimum atomic E-state index is -0.676. The highest BCUT2D eigenvalue weighted by molar-refractivity contribution is 7.99. The van der Waals surface area contributed by atoms with Crippen LogP contribution < -0.4 is 15.8 Å². The van der Waals surface area contributed by atoms with Crippen molar-refractivity contribution >= 4 is 45.9 Å². The lowest BCUT2D eigenvalue weighted by atomic mass is 10.1. The summed E-state index contributed by atoms with van der Waals surface area (Å²) in [6, 6.07) is 5.89. The SMILES string of the molecule is CCOC(=O)c1c(NC(=O)CSc2nnc(COc3ccc(C)c(C)c3)n2CC)sc(C(N)=O)c1C. The Balaban J connectivity index is 1.67. The minimum absolute atomic E-state index is 0.0151. The summed E-state index contributed by atoms with van der Waals surface area (Å²) >= 11 is 2.16. The molecule has 0 radical (unpaired) electrons. The fourth-order valence-corrected chi connectivity index (χ4v) is 5.26. The van der Waals surface area contributed by atoms with E-state index in [0.717, 1.165) is 22.6 Å². The number of esters is 1. The van der Waals surface area contributed by atoms with Crippen molar-refractivity contribution in [1.29, 1.82) is 0 Å². The highest BCUT2D eigenvalue weighted by atomic mass is 32.2. The minimum Gasteiger partial charge on any atom is -0.486 e. The number of hydrogen-bond donors (Lipinski definition) is 2. The van der Waals surface area contributed by atoms with Gasteiger partial charge in [-0.2, -0.15) is 0 Å². The van der Waals surface area contributed by atoms with Crippen molar-refractivity contribution in [2.24, 2.45) is 5.73 Å². The van der Waals surface area contributed by atoms with Gasteiger partial charge in [-0.15, -0.1) is 21.5 Å². The van der Waals surface area contributed by atoms with Crippen molar-refractivity contribution in [2.75, 3.05) is 17.7 Å². The number of thiophene rings is 1. The first-order valence-electron chi connectivity index (χ1n) is 11.3. The van der Waals surface area contributed by atoms with E-state index in [4.69, 9.17) is 15.2 Å². The maximum Gasteiger partial charge on any atom is 0.341 e. The van der Waals surface area contributed by atoms with E-state index >= 15 is 0 Å². The van der Waals surface area contributed by atoms with Gasteiger partial charge in [0.1, 0.15) is 17.4 Å². The van der Waals surface area contributed by atoms with E-state index in [-0.39, 0.29) is 40.3 Å². The first-order chi connectivity index (χ1) is 17.2. The largest absolute Gasteiger partial charge is 0.486 e. The van der Waals surface area contributed by atoms with Crippen molar-refractivity contribution in [1.82, 2.24) is 14.8 Å². The number of nitrogens with two attached hydrogens (primary N) is 1. The lowest BCUT2D eigenvalue weighted by Gasteiger charge is -2.10. The molecule has 3 N–H and O–H groups in total. The number of hydrogen-bond acceptors (Lipinski definition) is 9. The molecule has 0 bridgehead atoms. The summed E-state index contributed by atoms with van der Waals surface area (Å²) in [6.45, 7) is 10.3. The highest BCUT2D eigenvalue weighted by Crippen LogP contribution is 2.34. The third-order valence-corrected chi connectivity index (χ3v) is 7.58. The number of carbonyl (C=O) groups is 3. The van der Waals surface area contributed by atoms with Gasteiger partial charge in [-0.25, -0.2) is 4.79 Å². The molecule has 0 aliphatic rings. The zero-order valence-corrected chi connectivity index (χ0v) is 22.5. The summed E-state index contributed by atoms with van der Waals surface area (Å²) < 4.78 is 12.8. The molecule has 0 aliphatic heterocycles. The number of carbonyl (C=O) groups excluding carboxylic acids is 3. The van der Waals surface area contributed by atoms with Crippen molar-refractivity contribution in [3.63, 3.8) is 0 Å². The highest BCUT2D eigenvalue weighted by Gasteiger charge is 2.26. The number of rotatable bonds is 11. The zero-order chi connectivity index (χ0) is 26.4. The number of thioether (sulfide) groups is 1. The smallest absolute Gasteiger partial charge is 0.341 e. The van der Waals surface area contributed by atoms with Gasteiger partial charge in [0.15, 0.2) is 11.0 Å². The van der Waals surface area contributed by atoms with Crippen LogP contribution in [0.25, 0.3) is 0 Å². The molecule has 0 spiro atoms. The van der Waals surface area contributed by atoms with E-state index in [2.05, 4.69) is 15.5 Å². The summed E-state index contributed by atoms with van der Waals surface area (Å²) in [7, 11) is 0. The normalized spacial score (nSPS) is 10.8. The van der Waals surface area contributed by atoms with Gasteiger partial charge in [0, 0.05) is 6.54 Å². The first-order valence-corrected chi connectivity index (χ1v) is 13.1. The van der Waals surface area contributed by atoms with E-state index in [1.807, 2.05) is 43.5 Å². The number of primary amides is 1. The maximum absolute atomic E-state index is 12.7. The molecule has 2 aromatic heterocycles. The van der Waals surface area contributed by atoms with Gasteiger partial charge >= 0.3 is 5.97 Å². The summed E-state index contributed by atoms with van der Waals surface area (Å²) in [5.41, 5.74) is 8.27. The maximum atomic E-state index is 12.7. The standard InChI is InChI=1S/C24H29N5O5S2/c1-6-29-17(11-34-16-9-8-13(3)14(4)10-16)27-28-24(29)35-12-18(30)26-22-19(23(32)33-7-2)15(5)20(36-22)21(25)31/h8-10H,6-7,11-12H2,1-5H3,(H2,25,31)(H,26,30). The van der Waals surface area contributed by atoms with Crippen LogP contribution in [-0.2, 0) is 22.7 Å². The average molecular weight is 532 g/mol. The third kappa shape index (κ3) is 6.24. The Morgan fingerprint density at radius 1 is 1.14 bits per heavy atom. The Morgan fingerprint density at radius 2 is 1.89 bits per heavy atom. The van der Waals surface area contributed by atoms with Crippen LogP contribution in [0, 0.1) is 20.8 Å². The molecule has 3 rings (SSSR count). The van der Waals surface area contributed by atoms with E-state index in [1.165, 1.54) is 17.3 Å². The molecule has 0 saturated carbocycles. The summed E-state index contributed by atoms with van der Waals surface area (Å²) in [5.74, 6) is -0.271. The molecule has 36 heavy (non-hydrogen) atoms. The number of ether oxygens (including phenoxy) is 2. The molecule has 1 aromatic carbocycles. The van der Waals surface area contributed by atoms with Gasteiger partial charge in [0.05, 0.1) is 22.8 Å². The van der Waals surface area contributed by atoms with Crippen molar-refractivity contribution < 1.29 is 23.9 Å². The predicted molar refractivity (Wildman–Crippen MR) is 139 cm³/mol. The molecule has 2 heterocycles. The Bertz CT molecular complexity index is 1280. The summed E-state index contributed by atoms with van der Waals surface area (Å²) in [6.07, 6.45) is 0. The molecule has 10 nitrogen and oxygen atoms in total. The number of nitrogens with one attached hydrogen (secondary N) is 1. The second-order valence-corrected chi connectivity index (χ2v) is 9.82. The van der Waals surface area contributed by atoms with E-state index in [9.17, 15) is 14.4 Å². The van der Waals surface area contributed by atoms with Crippen LogP contribution in [0.15, 0.2) is 23.4 Å². The van der Waals surface area contributed by atoms with E-state index < -0.39 is 11.9 Å². The Labute approximate surface area is 217 Å². The van der Waals surface area contributed by atoms with Gasteiger partial charge in [-0.1, -0.05) is 17.8 Å². The van der Waals surface area contributed by atoms with Crippen LogP contribution in [0.1, 0.15) is 56.4 Å². The molecule has 0 unspecified atom stereocenters. The first kappa shape index (κ1) is 27.2. The lowest BCUT2D eigenvalue weighted by Crippen LogP contribution is -2.17. The topological polar surface area (TPSA) is 138 Å². The molecule has 0 atom stereocenters. The van der Waals surface area contributed by atoms with Crippen LogP contribution >= 0.6 is 23.1 Å². The third-order valence-electron chi connectivity index (χ3n) is 5.39. The summed E-state index contributed by atoms with van der Waals surface area (Å²) in [4.78, 5) is 37.1. The molecule has 3 aromatic rings. The van der Waals surface area contributed by atoms with Crippen molar-refractivity contribution in [3.8, 4) is 5.75 Å². The van der Waals surface area contributed by atoms with Crippen LogP contribution in [0.5, 0.6) is 5.75 Å². The van der Waals surface area contributed by atoms with Gasteiger partial charge in [0.25, 0.3) is 5.91 Å². The number of anilines is 1. The Hall–Kier alpha value is -3.38. The van der Waals surface area contributed by atoms with Crippen molar-refractivity contribution in [3.05, 3.63) is 51.2 Å². The van der Waals surface area contributed by atoms with E-state index in [0.29, 0.717) is 23.1 Å². The molecule has 2 amide bonds. The van der Waals surface area contributed by atoms with Gasteiger partial charge in [-0.3, -0.25) is 9.59 Å². The lowest BCUT2D eigenvalue weighted by molar-refractivity contribution is -0.113. The Kier molecular flexibility index (Phi) is 9.10. The number of nitrogens with zero attached hydrogens (tertiary/aromatic N) is 3. The van der Waals surface area contributed by atoms with E-state index in [1.54, 1.807) is 13.8 Å². The van der Waals surface area contributed by atoms with Gasteiger partial charge < -0.3 is 25.1 Å². The quantitative estimate of drug-likeness (QED) is 0.281. The average Bonchev–Trinajstić information content (AvgIpc) is 3.38. The number of aryl methyl sites for hydroxylation is 2. The fraction of sp³-hybridized carbons (Fsp3) is 0.375.